The Balaban J connectivity index is 1.41. The predicted molar refractivity (Wildman–Crippen MR) is 131 cm³/mol. The largest absolute Gasteiger partial charge is 0.495 e. The number of nitrogens with two attached hydrogens (primary N) is 1. The third-order valence-electron chi connectivity index (χ3n) is 6.58. The molecule has 0 radical (unpaired) electrons. The molecule has 1 saturated carbocycles. The molecule has 1 spiro atoms. The van der Waals surface area contributed by atoms with Gasteiger partial charge in [-0.15, -0.1) is 0 Å². The molecule has 168 valence electrons. The minimum atomic E-state index is -0.441. The normalized spacial score (nSPS) is 28.3. The summed E-state index contributed by atoms with van der Waals surface area (Å²) in [5, 5.41) is 4.29. The molecular weight excluding hydrogens is 514 g/mol. The molecule has 6 nitrogen and oxygen atoms in total. The van der Waals surface area contributed by atoms with Gasteiger partial charge in [0.05, 0.1) is 12.1 Å². The standard InChI is InChI=1S/C23H23BrClN3O3S/c1-30-20-8-12(2-5-17(20)25)21(29)27-14-4-7-19-16(10-14)23(11-32-22(26)28-23)15-9-13(24)3-6-18(15)31-19/h2-3,5-6,8-9,14,16,19H,4,7,10-11H2,1H3,(H2,26,28)(H,27,29)/t14-,16-,19-,23?/m0/s1. The second-order valence-electron chi connectivity index (χ2n) is 8.40. The highest BCUT2D eigenvalue weighted by atomic mass is 79.9. The number of benzene rings is 2. The molecule has 32 heavy (non-hydrogen) atoms. The molecular formula is C23H23BrClN3O3S. The lowest BCUT2D eigenvalue weighted by molar-refractivity contribution is 0.0155. The number of hydrogen-bond donors (Lipinski definition) is 2. The molecule has 1 unspecified atom stereocenters. The van der Waals surface area contributed by atoms with Crippen molar-refractivity contribution in [1.29, 1.82) is 0 Å². The van der Waals surface area contributed by atoms with Crippen LogP contribution in [0.1, 0.15) is 35.2 Å². The molecule has 3 aliphatic rings. The molecule has 5 rings (SSSR count). The van der Waals surface area contributed by atoms with Crippen LogP contribution in [-0.4, -0.2) is 36.1 Å². The van der Waals surface area contributed by atoms with Gasteiger partial charge in [0.1, 0.15) is 23.1 Å². The topological polar surface area (TPSA) is 85.9 Å². The maximum atomic E-state index is 13.0. The van der Waals surface area contributed by atoms with Crippen LogP contribution in [0.5, 0.6) is 11.5 Å². The minimum Gasteiger partial charge on any atom is -0.495 e. The monoisotopic (exact) mass is 535 g/mol. The molecule has 0 saturated heterocycles. The summed E-state index contributed by atoms with van der Waals surface area (Å²) in [6.07, 6.45) is 2.50. The molecule has 1 amide bonds. The Morgan fingerprint density at radius 2 is 2.19 bits per heavy atom. The zero-order valence-electron chi connectivity index (χ0n) is 17.4. The van der Waals surface area contributed by atoms with Gasteiger partial charge >= 0.3 is 0 Å². The number of carbonyl (C=O) groups is 1. The van der Waals surface area contributed by atoms with Crippen molar-refractivity contribution in [3.8, 4) is 11.5 Å². The lowest BCUT2D eigenvalue weighted by Gasteiger charge is -2.48. The molecule has 2 aromatic carbocycles. The fourth-order valence-electron chi connectivity index (χ4n) is 5.07. The van der Waals surface area contributed by atoms with Crippen LogP contribution in [0.4, 0.5) is 0 Å². The van der Waals surface area contributed by atoms with Gasteiger partial charge in [-0.2, -0.15) is 0 Å². The Labute approximate surface area is 204 Å². The van der Waals surface area contributed by atoms with Gasteiger partial charge < -0.3 is 20.5 Å². The van der Waals surface area contributed by atoms with Crippen LogP contribution in [0, 0.1) is 5.92 Å². The second kappa shape index (κ2) is 8.47. The number of amides is 1. The van der Waals surface area contributed by atoms with Gasteiger partial charge in [-0.05, 0) is 55.7 Å². The average molecular weight is 537 g/mol. The number of hydrogen-bond acceptors (Lipinski definition) is 6. The molecule has 1 fully saturated rings. The zero-order valence-corrected chi connectivity index (χ0v) is 20.6. The highest BCUT2D eigenvalue weighted by Gasteiger charge is 2.54. The number of methoxy groups -OCH3 is 1. The van der Waals surface area contributed by atoms with E-state index in [1.54, 1.807) is 30.0 Å². The van der Waals surface area contributed by atoms with Crippen molar-refractivity contribution in [1.82, 2.24) is 5.32 Å². The average Bonchev–Trinajstić information content (AvgIpc) is 3.17. The number of carbonyl (C=O) groups excluding carboxylic acids is 1. The van der Waals surface area contributed by atoms with Gasteiger partial charge in [0.25, 0.3) is 5.91 Å². The quantitative estimate of drug-likeness (QED) is 0.592. The van der Waals surface area contributed by atoms with E-state index in [1.165, 1.54) is 7.11 Å². The molecule has 3 N–H and O–H groups in total. The van der Waals surface area contributed by atoms with Crippen molar-refractivity contribution in [2.75, 3.05) is 12.9 Å². The third kappa shape index (κ3) is 3.76. The first-order valence-corrected chi connectivity index (χ1v) is 12.6. The molecule has 2 aromatic rings. The van der Waals surface area contributed by atoms with E-state index in [0.29, 0.717) is 21.5 Å². The van der Waals surface area contributed by atoms with E-state index >= 15 is 0 Å². The number of nitrogens with zero attached hydrogens (tertiary/aromatic N) is 1. The summed E-state index contributed by atoms with van der Waals surface area (Å²) in [4.78, 5) is 17.9. The van der Waals surface area contributed by atoms with Crippen LogP contribution in [0.3, 0.4) is 0 Å². The summed E-state index contributed by atoms with van der Waals surface area (Å²) in [6.45, 7) is 0. The fraction of sp³-hybridized carbons (Fsp3) is 0.391. The molecule has 0 bridgehead atoms. The number of rotatable bonds is 3. The van der Waals surface area contributed by atoms with Crippen LogP contribution < -0.4 is 20.5 Å². The summed E-state index contributed by atoms with van der Waals surface area (Å²) < 4.78 is 12.6. The molecule has 2 heterocycles. The van der Waals surface area contributed by atoms with E-state index in [4.69, 9.17) is 31.8 Å². The number of fused-ring (bicyclic) bond motifs is 4. The smallest absolute Gasteiger partial charge is 0.251 e. The lowest BCUT2D eigenvalue weighted by atomic mass is 9.67. The SMILES string of the molecule is COc1cc(C(=O)N[C@H]2CC[C@@H]3Oc4ccc(Br)cc4C4(CSC(N)=N4)[C@H]3C2)ccc1Cl. The molecule has 0 aromatic heterocycles. The van der Waals surface area contributed by atoms with E-state index in [2.05, 4.69) is 27.3 Å². The number of nitrogens with one attached hydrogen (secondary N) is 1. The zero-order chi connectivity index (χ0) is 22.5. The fourth-order valence-corrected chi connectivity index (χ4v) is 6.65. The van der Waals surface area contributed by atoms with Gasteiger partial charge in [-0.1, -0.05) is 39.3 Å². The highest BCUT2D eigenvalue weighted by Crippen LogP contribution is 2.54. The van der Waals surface area contributed by atoms with Crippen molar-refractivity contribution in [3.05, 3.63) is 57.0 Å². The summed E-state index contributed by atoms with van der Waals surface area (Å²) in [5.74, 6) is 2.13. The number of thioether (sulfide) groups is 1. The Bertz CT molecular complexity index is 1110. The lowest BCUT2D eigenvalue weighted by Crippen LogP contribution is -2.54. The van der Waals surface area contributed by atoms with Crippen molar-refractivity contribution in [3.63, 3.8) is 0 Å². The third-order valence-corrected chi connectivity index (χ3v) is 8.36. The summed E-state index contributed by atoms with van der Waals surface area (Å²) in [5.41, 5.74) is 7.30. The van der Waals surface area contributed by atoms with Gasteiger partial charge in [-0.25, -0.2) is 4.99 Å². The molecule has 1 aliphatic carbocycles. The second-order valence-corrected chi connectivity index (χ2v) is 10.7. The van der Waals surface area contributed by atoms with Crippen molar-refractivity contribution >= 4 is 50.4 Å². The first kappa shape index (κ1) is 21.9. The highest BCUT2D eigenvalue weighted by molar-refractivity contribution is 9.10. The van der Waals surface area contributed by atoms with Crippen LogP contribution in [0.15, 0.2) is 45.9 Å². The van der Waals surface area contributed by atoms with Gasteiger partial charge in [0, 0.05) is 33.3 Å². The van der Waals surface area contributed by atoms with Crippen molar-refractivity contribution in [2.24, 2.45) is 16.6 Å². The Hall–Kier alpha value is -1.90. The maximum absolute atomic E-state index is 13.0. The van der Waals surface area contributed by atoms with Gasteiger partial charge in [0.2, 0.25) is 0 Å². The first-order valence-electron chi connectivity index (χ1n) is 10.5. The Kier molecular flexibility index (Phi) is 5.80. The summed E-state index contributed by atoms with van der Waals surface area (Å²) >= 11 is 11.3. The van der Waals surface area contributed by atoms with E-state index in [0.717, 1.165) is 40.8 Å². The van der Waals surface area contributed by atoms with Crippen LogP contribution in [0.25, 0.3) is 0 Å². The van der Waals surface area contributed by atoms with Gasteiger partial charge in [0.15, 0.2) is 5.17 Å². The Morgan fingerprint density at radius 1 is 1.34 bits per heavy atom. The Morgan fingerprint density at radius 3 is 2.94 bits per heavy atom. The minimum absolute atomic E-state index is 0.0154. The molecule has 4 atom stereocenters. The maximum Gasteiger partial charge on any atom is 0.251 e. The van der Waals surface area contributed by atoms with Crippen LogP contribution in [-0.2, 0) is 5.54 Å². The van der Waals surface area contributed by atoms with Crippen molar-refractivity contribution in [2.45, 2.75) is 36.9 Å². The summed E-state index contributed by atoms with van der Waals surface area (Å²) in [7, 11) is 1.54. The van der Waals surface area contributed by atoms with Crippen LogP contribution in [0.2, 0.25) is 5.02 Å². The number of halogens is 2. The number of ether oxygens (including phenoxy) is 2. The van der Waals surface area contributed by atoms with E-state index < -0.39 is 5.54 Å². The molecule has 2 aliphatic heterocycles. The van der Waals surface area contributed by atoms with Gasteiger partial charge in [-0.3, -0.25) is 4.79 Å². The van der Waals surface area contributed by atoms with Crippen LogP contribution >= 0.6 is 39.3 Å². The predicted octanol–water partition coefficient (Wildman–Crippen LogP) is 4.73. The van der Waals surface area contributed by atoms with E-state index in [9.17, 15) is 4.79 Å². The summed E-state index contributed by atoms with van der Waals surface area (Å²) in [6, 6.07) is 11.2. The number of aliphatic imine (C=N–C) groups is 1. The number of amidine groups is 1. The first-order chi connectivity index (χ1) is 15.4. The van der Waals surface area contributed by atoms with Crippen molar-refractivity contribution < 1.29 is 14.3 Å². The van der Waals surface area contributed by atoms with E-state index in [1.807, 2.05) is 12.1 Å². The van der Waals surface area contributed by atoms with E-state index in [-0.39, 0.29) is 24.0 Å². The molecule has 9 heteroatoms.